The molecule has 0 saturated heterocycles. The fourth-order valence-corrected chi connectivity index (χ4v) is 3.44. The summed E-state index contributed by atoms with van der Waals surface area (Å²) in [5, 5.41) is 17.6. The number of hydrogen-bond donors (Lipinski definition) is 1. The molecule has 0 amide bonds. The predicted octanol–water partition coefficient (Wildman–Crippen LogP) is 1.43. The smallest absolute Gasteiger partial charge is 0.307 e. The number of rotatable bonds is 7. The van der Waals surface area contributed by atoms with Gasteiger partial charge >= 0.3 is 5.97 Å². The van der Waals surface area contributed by atoms with Crippen molar-refractivity contribution in [3.63, 3.8) is 0 Å². The number of carboxylic acid groups (broad SMARTS) is 1. The Labute approximate surface area is 124 Å². The largest absolute Gasteiger partial charge is 0.481 e. The van der Waals surface area contributed by atoms with Crippen molar-refractivity contribution in [2.24, 2.45) is 5.92 Å². The van der Waals surface area contributed by atoms with Crippen LogP contribution in [0.5, 0.6) is 0 Å². The summed E-state index contributed by atoms with van der Waals surface area (Å²) in [5.74, 6) is -2.00. The zero-order valence-corrected chi connectivity index (χ0v) is 12.8. The molecule has 1 rings (SSSR count). The first-order chi connectivity index (χ1) is 9.80. The summed E-state index contributed by atoms with van der Waals surface area (Å²) in [6.07, 6.45) is 0. The number of benzene rings is 1. The maximum Gasteiger partial charge on any atom is 0.307 e. The molecule has 1 N–H and O–H groups in total. The van der Waals surface area contributed by atoms with E-state index in [0.29, 0.717) is 11.1 Å². The van der Waals surface area contributed by atoms with Crippen LogP contribution in [0.4, 0.5) is 0 Å². The lowest BCUT2D eigenvalue weighted by molar-refractivity contribution is -0.141. The molecule has 21 heavy (non-hydrogen) atoms. The zero-order chi connectivity index (χ0) is 16.0. The number of hydrogen-bond acceptors (Lipinski definition) is 4. The topological polar surface area (TPSA) is 98.5 Å². The lowest BCUT2D eigenvalue weighted by Gasteiger charge is -2.22. The fraction of sp³-hybridized carbons (Fsp3) is 0.429. The van der Waals surface area contributed by atoms with E-state index in [1.54, 1.807) is 31.2 Å². The second-order valence-corrected chi connectivity index (χ2v) is 6.72. The van der Waals surface area contributed by atoms with E-state index in [2.05, 4.69) is 0 Å². The van der Waals surface area contributed by atoms with Crippen LogP contribution in [0.25, 0.3) is 0 Å². The van der Waals surface area contributed by atoms with E-state index in [0.717, 1.165) is 0 Å². The Kier molecular flexibility index (Phi) is 5.88. The van der Waals surface area contributed by atoms with E-state index >= 15 is 0 Å². The number of sulfonamides is 1. The van der Waals surface area contributed by atoms with E-state index in [1.807, 2.05) is 6.07 Å². The molecule has 1 unspecified atom stereocenters. The lowest BCUT2D eigenvalue weighted by Crippen LogP contribution is -2.37. The molecule has 0 fully saturated rings. The first-order valence-corrected chi connectivity index (χ1v) is 8.10. The molecule has 0 aliphatic heterocycles. The van der Waals surface area contributed by atoms with Gasteiger partial charge in [0.15, 0.2) is 0 Å². The van der Waals surface area contributed by atoms with E-state index < -0.39 is 21.9 Å². The second kappa shape index (κ2) is 7.20. The summed E-state index contributed by atoms with van der Waals surface area (Å²) in [4.78, 5) is 10.9. The highest BCUT2D eigenvalue weighted by molar-refractivity contribution is 7.88. The third-order valence-corrected chi connectivity index (χ3v) is 4.97. The quantitative estimate of drug-likeness (QED) is 0.821. The van der Waals surface area contributed by atoms with Gasteiger partial charge in [-0.15, -0.1) is 0 Å². The highest BCUT2D eigenvalue weighted by Gasteiger charge is 2.25. The first-order valence-electron chi connectivity index (χ1n) is 6.49. The van der Waals surface area contributed by atoms with Crippen molar-refractivity contribution in [1.82, 2.24) is 4.31 Å². The molecule has 1 atom stereocenters. The van der Waals surface area contributed by atoms with E-state index in [1.165, 1.54) is 11.2 Å². The van der Waals surface area contributed by atoms with Gasteiger partial charge in [-0.25, -0.2) is 12.7 Å². The monoisotopic (exact) mass is 310 g/mol. The van der Waals surface area contributed by atoms with Crippen molar-refractivity contribution in [2.45, 2.75) is 19.6 Å². The summed E-state index contributed by atoms with van der Waals surface area (Å²) < 4.78 is 25.8. The van der Waals surface area contributed by atoms with Crippen LogP contribution in [-0.4, -0.2) is 36.9 Å². The van der Waals surface area contributed by atoms with Gasteiger partial charge in [0.05, 0.1) is 23.3 Å². The molecular formula is C14H18N2O4S. The molecular weight excluding hydrogens is 292 g/mol. The summed E-state index contributed by atoms with van der Waals surface area (Å²) >= 11 is 0. The number of aliphatic carboxylic acids is 1. The van der Waals surface area contributed by atoms with Gasteiger partial charge in [0, 0.05) is 13.1 Å². The SMILES string of the molecule is CCN(CC(C)C(=O)O)S(=O)(=O)Cc1ccc(C#N)cc1. The lowest BCUT2D eigenvalue weighted by atomic mass is 10.2. The predicted molar refractivity (Wildman–Crippen MR) is 77.8 cm³/mol. The molecule has 7 heteroatoms. The summed E-state index contributed by atoms with van der Waals surface area (Å²) in [5.41, 5.74) is 1.03. The second-order valence-electron chi connectivity index (χ2n) is 4.75. The average molecular weight is 310 g/mol. The van der Waals surface area contributed by atoms with Gasteiger partial charge in [-0.2, -0.15) is 5.26 Å². The van der Waals surface area contributed by atoms with Crippen molar-refractivity contribution in [3.05, 3.63) is 35.4 Å². The fourth-order valence-electron chi connectivity index (χ4n) is 1.80. The molecule has 0 saturated carbocycles. The minimum Gasteiger partial charge on any atom is -0.481 e. The van der Waals surface area contributed by atoms with Gasteiger partial charge < -0.3 is 5.11 Å². The van der Waals surface area contributed by atoms with Crippen LogP contribution < -0.4 is 0 Å². The van der Waals surface area contributed by atoms with Crippen molar-refractivity contribution in [2.75, 3.05) is 13.1 Å². The third kappa shape index (κ3) is 4.85. The van der Waals surface area contributed by atoms with Gasteiger partial charge in [0.1, 0.15) is 0 Å². The van der Waals surface area contributed by atoms with Crippen LogP contribution in [0.15, 0.2) is 24.3 Å². The van der Waals surface area contributed by atoms with Crippen molar-refractivity contribution >= 4 is 16.0 Å². The van der Waals surface area contributed by atoms with Crippen LogP contribution in [0.3, 0.4) is 0 Å². The van der Waals surface area contributed by atoms with Crippen molar-refractivity contribution in [3.8, 4) is 6.07 Å². The Hall–Kier alpha value is -1.91. The maximum atomic E-state index is 12.3. The van der Waals surface area contributed by atoms with Gasteiger partial charge in [-0.1, -0.05) is 26.0 Å². The number of nitriles is 1. The van der Waals surface area contributed by atoms with Gasteiger partial charge in [0.25, 0.3) is 0 Å². The molecule has 0 radical (unpaired) electrons. The Morgan fingerprint density at radius 3 is 2.38 bits per heavy atom. The molecule has 114 valence electrons. The van der Waals surface area contributed by atoms with E-state index in [4.69, 9.17) is 10.4 Å². The summed E-state index contributed by atoms with van der Waals surface area (Å²) in [6, 6.07) is 8.25. The van der Waals surface area contributed by atoms with Crippen LogP contribution in [-0.2, 0) is 20.6 Å². The van der Waals surface area contributed by atoms with Crippen LogP contribution in [0.1, 0.15) is 25.0 Å². The highest BCUT2D eigenvalue weighted by atomic mass is 32.2. The highest BCUT2D eigenvalue weighted by Crippen LogP contribution is 2.14. The molecule has 1 aromatic carbocycles. The Morgan fingerprint density at radius 2 is 1.95 bits per heavy atom. The van der Waals surface area contributed by atoms with E-state index in [-0.39, 0.29) is 18.8 Å². The molecule has 0 aliphatic rings. The number of carbonyl (C=O) groups is 1. The summed E-state index contributed by atoms with van der Waals surface area (Å²) in [7, 11) is -3.59. The molecule has 1 aromatic rings. The zero-order valence-electron chi connectivity index (χ0n) is 12.0. The molecule has 0 aliphatic carbocycles. The maximum absolute atomic E-state index is 12.3. The molecule has 0 spiro atoms. The minimum atomic E-state index is -3.59. The van der Waals surface area contributed by atoms with Gasteiger partial charge in [-0.05, 0) is 17.7 Å². The van der Waals surface area contributed by atoms with Crippen LogP contribution >= 0.6 is 0 Å². The van der Waals surface area contributed by atoms with E-state index in [9.17, 15) is 13.2 Å². The third-order valence-electron chi connectivity index (χ3n) is 3.08. The molecule has 0 heterocycles. The van der Waals surface area contributed by atoms with Crippen molar-refractivity contribution in [1.29, 1.82) is 5.26 Å². The number of carboxylic acids is 1. The van der Waals surface area contributed by atoms with Crippen LogP contribution in [0.2, 0.25) is 0 Å². The Bertz CT molecular complexity index is 632. The summed E-state index contributed by atoms with van der Waals surface area (Å²) in [6.45, 7) is 3.31. The molecule has 0 bridgehead atoms. The standard InChI is InChI=1S/C14H18N2O4S/c1-3-16(9-11(2)14(17)18)21(19,20)10-13-6-4-12(8-15)5-7-13/h4-7,11H,3,9-10H2,1-2H3,(H,17,18). The normalized spacial score (nSPS) is 12.9. The Morgan fingerprint density at radius 1 is 1.38 bits per heavy atom. The van der Waals surface area contributed by atoms with Gasteiger partial charge in [-0.3, -0.25) is 4.79 Å². The average Bonchev–Trinajstić information content (AvgIpc) is 2.44. The first kappa shape index (κ1) is 17.1. The Balaban J connectivity index is 2.87. The minimum absolute atomic E-state index is 0.0511. The molecule has 0 aromatic heterocycles. The number of nitrogens with zero attached hydrogens (tertiary/aromatic N) is 2. The van der Waals surface area contributed by atoms with Gasteiger partial charge in [0.2, 0.25) is 10.0 Å². The molecule has 6 nitrogen and oxygen atoms in total. The van der Waals surface area contributed by atoms with Crippen molar-refractivity contribution < 1.29 is 18.3 Å². The van der Waals surface area contributed by atoms with Crippen LogP contribution in [0, 0.1) is 17.2 Å².